The maximum atomic E-state index is 12.3. The molecule has 0 aromatic carbocycles. The Balaban J connectivity index is 2.29. The molecule has 2 rings (SSSR count). The van der Waals surface area contributed by atoms with E-state index in [-0.39, 0.29) is 23.5 Å². The van der Waals surface area contributed by atoms with E-state index in [1.54, 1.807) is 4.90 Å². The highest BCUT2D eigenvalue weighted by molar-refractivity contribution is 6.11. The van der Waals surface area contributed by atoms with Gasteiger partial charge in [0.25, 0.3) is 5.91 Å². The summed E-state index contributed by atoms with van der Waals surface area (Å²) in [5, 5.41) is 2.60. The Labute approximate surface area is 107 Å². The third-order valence-electron chi connectivity index (χ3n) is 4.00. The molecule has 2 saturated heterocycles. The lowest BCUT2D eigenvalue weighted by atomic mass is 9.90. The molecule has 1 N–H and O–H groups in total. The standard InChI is InChI=1S/C13H20N2O3/c1-3-8(2)11-12(17)14-10-9(16)6-4-5-7-15(11)13(10)18/h8,10-11H,3-7H2,1-2H3,(H,14,17)/t8?,10-,11-/m0/s1. The topological polar surface area (TPSA) is 66.5 Å². The van der Waals surface area contributed by atoms with Gasteiger partial charge in [0.2, 0.25) is 5.91 Å². The van der Waals surface area contributed by atoms with E-state index in [1.807, 2.05) is 13.8 Å². The first-order chi connectivity index (χ1) is 8.56. The van der Waals surface area contributed by atoms with E-state index in [9.17, 15) is 14.4 Å². The van der Waals surface area contributed by atoms with Crippen LogP contribution in [-0.2, 0) is 14.4 Å². The quantitative estimate of drug-likeness (QED) is 0.727. The SMILES string of the molecule is CCC(C)[C@H]1C(=O)N[C@H]2C(=O)CCCCN1C2=O. The minimum Gasteiger partial charge on any atom is -0.336 e. The van der Waals surface area contributed by atoms with Crippen LogP contribution in [0.5, 0.6) is 0 Å². The van der Waals surface area contributed by atoms with E-state index in [0.29, 0.717) is 13.0 Å². The van der Waals surface area contributed by atoms with Gasteiger partial charge in [-0.25, -0.2) is 0 Å². The molecular formula is C13H20N2O3. The van der Waals surface area contributed by atoms with E-state index in [1.165, 1.54) is 0 Å². The lowest BCUT2D eigenvalue weighted by molar-refractivity contribution is -0.155. The van der Waals surface area contributed by atoms with Crippen LogP contribution in [0.15, 0.2) is 0 Å². The average molecular weight is 252 g/mol. The Morgan fingerprint density at radius 1 is 1.33 bits per heavy atom. The molecule has 0 aliphatic carbocycles. The highest BCUT2D eigenvalue weighted by atomic mass is 16.2. The number of ketones is 1. The molecule has 2 amide bonds. The van der Waals surface area contributed by atoms with Crippen molar-refractivity contribution in [3.8, 4) is 0 Å². The zero-order valence-corrected chi connectivity index (χ0v) is 10.9. The first-order valence-corrected chi connectivity index (χ1v) is 6.69. The molecule has 0 aromatic rings. The fraction of sp³-hybridized carbons (Fsp3) is 0.769. The van der Waals surface area contributed by atoms with E-state index < -0.39 is 12.1 Å². The number of amides is 2. The van der Waals surface area contributed by atoms with Gasteiger partial charge in [-0.2, -0.15) is 0 Å². The molecule has 2 bridgehead atoms. The molecule has 100 valence electrons. The third kappa shape index (κ3) is 2.13. The van der Waals surface area contributed by atoms with Crippen LogP contribution in [0.2, 0.25) is 0 Å². The second-order valence-electron chi connectivity index (χ2n) is 5.23. The number of piperazine rings is 1. The molecule has 2 aliphatic heterocycles. The summed E-state index contributed by atoms with van der Waals surface area (Å²) in [4.78, 5) is 37.8. The highest BCUT2D eigenvalue weighted by Crippen LogP contribution is 2.23. The van der Waals surface area contributed by atoms with E-state index in [0.717, 1.165) is 19.3 Å². The van der Waals surface area contributed by atoms with Crippen molar-refractivity contribution in [2.24, 2.45) is 5.92 Å². The molecular weight excluding hydrogens is 232 g/mol. The summed E-state index contributed by atoms with van der Waals surface area (Å²) in [6, 6.07) is -1.34. The summed E-state index contributed by atoms with van der Waals surface area (Å²) in [5.74, 6) is -0.432. The van der Waals surface area contributed by atoms with Crippen molar-refractivity contribution in [3.05, 3.63) is 0 Å². The van der Waals surface area contributed by atoms with Crippen LogP contribution >= 0.6 is 0 Å². The van der Waals surface area contributed by atoms with Crippen molar-refractivity contribution >= 4 is 17.6 Å². The molecule has 0 spiro atoms. The number of nitrogens with one attached hydrogen (secondary N) is 1. The van der Waals surface area contributed by atoms with Gasteiger partial charge >= 0.3 is 0 Å². The van der Waals surface area contributed by atoms with Crippen molar-refractivity contribution in [2.75, 3.05) is 6.54 Å². The maximum absolute atomic E-state index is 12.3. The number of carbonyl (C=O) groups is 3. The summed E-state index contributed by atoms with van der Waals surface area (Å²) < 4.78 is 0. The van der Waals surface area contributed by atoms with Crippen LogP contribution in [0.25, 0.3) is 0 Å². The normalized spacial score (nSPS) is 30.6. The predicted octanol–water partition coefficient (Wildman–Crippen LogP) is 0.481. The Bertz CT molecular complexity index is 380. The number of nitrogens with zero attached hydrogens (tertiary/aromatic N) is 1. The molecule has 5 nitrogen and oxygen atoms in total. The van der Waals surface area contributed by atoms with Gasteiger partial charge in [0, 0.05) is 13.0 Å². The van der Waals surface area contributed by atoms with Crippen LogP contribution < -0.4 is 5.32 Å². The molecule has 0 saturated carbocycles. The van der Waals surface area contributed by atoms with E-state index in [4.69, 9.17) is 0 Å². The minimum absolute atomic E-state index is 0.115. The summed E-state index contributed by atoms with van der Waals surface area (Å²) in [6.45, 7) is 4.56. The Morgan fingerprint density at radius 3 is 2.72 bits per heavy atom. The van der Waals surface area contributed by atoms with Gasteiger partial charge in [0.15, 0.2) is 11.8 Å². The lowest BCUT2D eigenvalue weighted by Crippen LogP contribution is -2.67. The molecule has 2 heterocycles. The monoisotopic (exact) mass is 252 g/mol. The van der Waals surface area contributed by atoms with Gasteiger partial charge in [0.1, 0.15) is 6.04 Å². The van der Waals surface area contributed by atoms with Crippen LogP contribution in [0.4, 0.5) is 0 Å². The Kier molecular flexibility index (Phi) is 3.68. The second kappa shape index (κ2) is 5.08. The van der Waals surface area contributed by atoms with Crippen molar-refractivity contribution in [2.45, 2.75) is 51.6 Å². The number of Topliss-reactive ketones (excluding diaryl/α,β-unsaturated/α-hetero) is 1. The first-order valence-electron chi connectivity index (χ1n) is 6.69. The highest BCUT2D eigenvalue weighted by Gasteiger charge is 2.45. The van der Waals surface area contributed by atoms with Gasteiger partial charge in [-0.05, 0) is 18.8 Å². The number of hydrogen-bond donors (Lipinski definition) is 1. The largest absolute Gasteiger partial charge is 0.336 e. The number of hydrogen-bond acceptors (Lipinski definition) is 3. The number of carbonyl (C=O) groups excluding carboxylic acids is 3. The molecule has 5 heteroatoms. The Hall–Kier alpha value is -1.39. The van der Waals surface area contributed by atoms with Gasteiger partial charge < -0.3 is 10.2 Å². The van der Waals surface area contributed by atoms with Gasteiger partial charge in [-0.1, -0.05) is 20.3 Å². The van der Waals surface area contributed by atoms with Gasteiger partial charge in [-0.3, -0.25) is 14.4 Å². The van der Waals surface area contributed by atoms with E-state index in [2.05, 4.69) is 5.32 Å². The zero-order valence-electron chi connectivity index (χ0n) is 10.9. The first kappa shape index (κ1) is 13.1. The third-order valence-corrected chi connectivity index (χ3v) is 4.00. The van der Waals surface area contributed by atoms with Crippen molar-refractivity contribution in [1.82, 2.24) is 10.2 Å². The molecule has 1 unspecified atom stereocenters. The number of rotatable bonds is 2. The average Bonchev–Trinajstić information content (AvgIpc) is 2.36. The van der Waals surface area contributed by atoms with Crippen LogP contribution in [-0.4, -0.2) is 41.1 Å². The van der Waals surface area contributed by atoms with Crippen molar-refractivity contribution < 1.29 is 14.4 Å². The second-order valence-corrected chi connectivity index (χ2v) is 5.23. The van der Waals surface area contributed by atoms with Crippen molar-refractivity contribution in [1.29, 1.82) is 0 Å². The van der Waals surface area contributed by atoms with Crippen molar-refractivity contribution in [3.63, 3.8) is 0 Å². The zero-order chi connectivity index (χ0) is 13.3. The molecule has 2 aliphatic rings. The molecule has 0 aromatic heterocycles. The van der Waals surface area contributed by atoms with Crippen LogP contribution in [0.1, 0.15) is 39.5 Å². The summed E-state index contributed by atoms with van der Waals surface area (Å²) in [6.07, 6.45) is 2.81. The minimum atomic E-state index is -0.932. The maximum Gasteiger partial charge on any atom is 0.253 e. The molecule has 0 radical (unpaired) electrons. The predicted molar refractivity (Wildman–Crippen MR) is 65.7 cm³/mol. The fourth-order valence-electron chi connectivity index (χ4n) is 2.72. The lowest BCUT2D eigenvalue weighted by Gasteiger charge is -2.42. The van der Waals surface area contributed by atoms with Gasteiger partial charge in [-0.15, -0.1) is 0 Å². The molecule has 2 fully saturated rings. The summed E-state index contributed by atoms with van der Waals surface area (Å²) in [7, 11) is 0. The summed E-state index contributed by atoms with van der Waals surface area (Å²) in [5.41, 5.74) is 0. The van der Waals surface area contributed by atoms with Gasteiger partial charge in [0.05, 0.1) is 0 Å². The summed E-state index contributed by atoms with van der Waals surface area (Å²) >= 11 is 0. The fourth-order valence-corrected chi connectivity index (χ4v) is 2.72. The smallest absolute Gasteiger partial charge is 0.253 e. The number of fused-ring (bicyclic) bond motifs is 2. The van der Waals surface area contributed by atoms with Crippen LogP contribution in [0.3, 0.4) is 0 Å². The Morgan fingerprint density at radius 2 is 2.06 bits per heavy atom. The van der Waals surface area contributed by atoms with E-state index >= 15 is 0 Å². The molecule has 3 atom stereocenters. The molecule has 18 heavy (non-hydrogen) atoms. The van der Waals surface area contributed by atoms with Crippen LogP contribution in [0, 0.1) is 5.92 Å².